The molecule has 4 aromatic rings. The Kier molecular flexibility index (Phi) is 4.48. The molecule has 2 heterocycles. The van der Waals surface area contributed by atoms with Crippen LogP contribution < -0.4 is 5.32 Å². The third kappa shape index (κ3) is 3.36. The smallest absolute Gasteiger partial charge is 0.320 e. The third-order valence-corrected chi connectivity index (χ3v) is 4.50. The van der Waals surface area contributed by atoms with Gasteiger partial charge in [-0.05, 0) is 43.3 Å². The molecule has 0 amide bonds. The predicted molar refractivity (Wildman–Crippen MR) is 102 cm³/mol. The lowest BCUT2D eigenvalue weighted by Gasteiger charge is -2.01. The van der Waals surface area contributed by atoms with Crippen LogP contribution in [0.5, 0.6) is 0 Å². The van der Waals surface area contributed by atoms with Gasteiger partial charge in [0, 0.05) is 20.7 Å². The average Bonchev–Trinajstić information content (AvgIpc) is 3.24. The minimum absolute atomic E-state index is 0.282. The molecule has 0 fully saturated rings. The Morgan fingerprint density at radius 2 is 1.73 bits per heavy atom. The highest BCUT2D eigenvalue weighted by Crippen LogP contribution is 2.34. The van der Waals surface area contributed by atoms with Crippen molar-refractivity contribution < 1.29 is 8.94 Å². The Morgan fingerprint density at radius 1 is 1.00 bits per heavy atom. The molecule has 0 aliphatic carbocycles. The summed E-state index contributed by atoms with van der Waals surface area (Å²) in [6.07, 6.45) is 0. The Bertz CT molecular complexity index is 1040. The summed E-state index contributed by atoms with van der Waals surface area (Å²) < 4.78 is 12.1. The first-order valence-electron chi connectivity index (χ1n) is 7.69. The molecular formula is C18H12BrClN4O2. The fraction of sp³-hybridized carbons (Fsp3) is 0.0556. The van der Waals surface area contributed by atoms with Gasteiger partial charge < -0.3 is 14.3 Å². The predicted octanol–water partition coefficient (Wildman–Crippen LogP) is 5.86. The van der Waals surface area contributed by atoms with E-state index in [1.165, 1.54) is 0 Å². The third-order valence-electron chi connectivity index (χ3n) is 3.71. The molecule has 8 heteroatoms. The van der Waals surface area contributed by atoms with Crippen LogP contribution in [0.1, 0.15) is 5.76 Å². The van der Waals surface area contributed by atoms with Crippen molar-refractivity contribution in [2.75, 3.05) is 5.32 Å². The monoisotopic (exact) mass is 430 g/mol. The van der Waals surface area contributed by atoms with Gasteiger partial charge >= 0.3 is 6.01 Å². The second kappa shape index (κ2) is 6.93. The summed E-state index contributed by atoms with van der Waals surface area (Å²) >= 11 is 9.35. The van der Waals surface area contributed by atoms with Crippen LogP contribution in [-0.4, -0.2) is 15.4 Å². The topological polar surface area (TPSA) is 77.0 Å². The van der Waals surface area contributed by atoms with Gasteiger partial charge in [-0.2, -0.15) is 0 Å². The Morgan fingerprint density at radius 3 is 2.46 bits per heavy atom. The van der Waals surface area contributed by atoms with Gasteiger partial charge in [0.25, 0.3) is 5.89 Å². The molecule has 2 aromatic carbocycles. The summed E-state index contributed by atoms with van der Waals surface area (Å²) in [5, 5.41) is 16.0. The van der Waals surface area contributed by atoms with Crippen LogP contribution in [-0.2, 0) is 0 Å². The Labute approximate surface area is 162 Å². The van der Waals surface area contributed by atoms with Gasteiger partial charge in [-0.25, -0.2) is 0 Å². The summed E-state index contributed by atoms with van der Waals surface area (Å²) in [7, 11) is 0. The SMILES string of the molecule is Cc1onc(-c2ccc(Cl)cc2)c1-c1nnc(Nc2ccc(Br)cc2)o1. The zero-order chi connectivity index (χ0) is 18.1. The van der Waals surface area contributed by atoms with E-state index in [1.54, 1.807) is 19.1 Å². The van der Waals surface area contributed by atoms with Crippen LogP contribution in [0, 0.1) is 6.92 Å². The molecule has 0 saturated carbocycles. The minimum atomic E-state index is 0.282. The van der Waals surface area contributed by atoms with Crippen LogP contribution in [0.3, 0.4) is 0 Å². The minimum Gasteiger partial charge on any atom is -0.403 e. The van der Waals surface area contributed by atoms with Gasteiger partial charge in [0.15, 0.2) is 0 Å². The van der Waals surface area contributed by atoms with Gasteiger partial charge in [-0.3, -0.25) is 0 Å². The van der Waals surface area contributed by atoms with E-state index < -0.39 is 0 Å². The summed E-state index contributed by atoms with van der Waals surface area (Å²) in [5.41, 5.74) is 2.96. The highest BCUT2D eigenvalue weighted by molar-refractivity contribution is 9.10. The standard InChI is InChI=1S/C18H12BrClN4O2/c1-10-15(16(24-26-10)11-2-6-13(20)7-3-11)17-22-23-18(25-17)21-14-8-4-12(19)5-9-14/h2-9H,1H3,(H,21,23). The number of hydrogen-bond acceptors (Lipinski definition) is 6. The van der Waals surface area contributed by atoms with Crippen molar-refractivity contribution in [3.63, 3.8) is 0 Å². The number of nitrogens with one attached hydrogen (secondary N) is 1. The van der Waals surface area contributed by atoms with Crippen molar-refractivity contribution in [3.05, 3.63) is 63.8 Å². The molecule has 0 spiro atoms. The van der Waals surface area contributed by atoms with Crippen LogP contribution in [0.4, 0.5) is 11.7 Å². The van der Waals surface area contributed by atoms with E-state index in [0.29, 0.717) is 27.9 Å². The average molecular weight is 432 g/mol. The zero-order valence-corrected chi connectivity index (χ0v) is 15.9. The number of aryl methyl sites for hydroxylation is 1. The first-order chi connectivity index (χ1) is 12.6. The van der Waals surface area contributed by atoms with Crippen molar-refractivity contribution >= 4 is 39.2 Å². The largest absolute Gasteiger partial charge is 0.403 e. The van der Waals surface area contributed by atoms with Gasteiger partial charge in [-0.1, -0.05) is 49.9 Å². The molecule has 0 bridgehead atoms. The number of anilines is 2. The van der Waals surface area contributed by atoms with Gasteiger partial charge in [0.1, 0.15) is 17.0 Å². The summed E-state index contributed by atoms with van der Waals surface area (Å²) in [6, 6.07) is 15.2. The molecule has 130 valence electrons. The molecule has 0 atom stereocenters. The first-order valence-corrected chi connectivity index (χ1v) is 8.86. The maximum absolute atomic E-state index is 5.96. The second-order valence-corrected chi connectivity index (χ2v) is 6.87. The second-order valence-electron chi connectivity index (χ2n) is 5.51. The molecule has 6 nitrogen and oxygen atoms in total. The zero-order valence-electron chi connectivity index (χ0n) is 13.5. The van der Waals surface area contributed by atoms with Gasteiger partial charge in [0.2, 0.25) is 0 Å². The van der Waals surface area contributed by atoms with Gasteiger partial charge in [0.05, 0.1) is 0 Å². The summed E-state index contributed by atoms with van der Waals surface area (Å²) in [6.45, 7) is 1.80. The molecular weight excluding hydrogens is 420 g/mol. The summed E-state index contributed by atoms with van der Waals surface area (Å²) in [5.74, 6) is 0.919. The highest BCUT2D eigenvalue weighted by atomic mass is 79.9. The highest BCUT2D eigenvalue weighted by Gasteiger charge is 2.22. The number of nitrogens with zero attached hydrogens (tertiary/aromatic N) is 3. The Hall–Kier alpha value is -2.64. The van der Waals surface area contributed by atoms with E-state index in [0.717, 1.165) is 15.7 Å². The lowest BCUT2D eigenvalue weighted by molar-refractivity contribution is 0.399. The van der Waals surface area contributed by atoms with Crippen LogP contribution in [0.15, 0.2) is 61.9 Å². The van der Waals surface area contributed by atoms with E-state index in [4.69, 9.17) is 20.5 Å². The fourth-order valence-electron chi connectivity index (χ4n) is 2.46. The van der Waals surface area contributed by atoms with Crippen LogP contribution in [0.25, 0.3) is 22.7 Å². The molecule has 0 unspecified atom stereocenters. The Balaban J connectivity index is 1.66. The number of halogens is 2. The van der Waals surface area contributed by atoms with Crippen molar-refractivity contribution in [1.29, 1.82) is 0 Å². The lowest BCUT2D eigenvalue weighted by atomic mass is 10.1. The van der Waals surface area contributed by atoms with E-state index in [9.17, 15) is 0 Å². The van der Waals surface area contributed by atoms with Crippen molar-refractivity contribution in [3.8, 4) is 22.7 Å². The van der Waals surface area contributed by atoms with Crippen molar-refractivity contribution in [2.24, 2.45) is 0 Å². The van der Waals surface area contributed by atoms with E-state index in [1.807, 2.05) is 36.4 Å². The first kappa shape index (κ1) is 16.8. The normalized spacial score (nSPS) is 10.9. The van der Waals surface area contributed by atoms with Crippen molar-refractivity contribution in [2.45, 2.75) is 6.92 Å². The molecule has 26 heavy (non-hydrogen) atoms. The molecule has 2 aromatic heterocycles. The number of hydrogen-bond donors (Lipinski definition) is 1. The summed E-state index contributed by atoms with van der Waals surface area (Å²) in [4.78, 5) is 0. The molecule has 0 aliphatic heterocycles. The van der Waals surface area contributed by atoms with Crippen LogP contribution >= 0.6 is 27.5 Å². The molecule has 0 radical (unpaired) electrons. The molecule has 0 saturated heterocycles. The fourth-order valence-corrected chi connectivity index (χ4v) is 2.85. The molecule has 4 rings (SSSR count). The number of aromatic nitrogens is 3. The van der Waals surface area contributed by atoms with E-state index >= 15 is 0 Å². The molecule has 1 N–H and O–H groups in total. The van der Waals surface area contributed by atoms with E-state index in [2.05, 4.69) is 36.6 Å². The molecule has 0 aliphatic rings. The maximum Gasteiger partial charge on any atom is 0.320 e. The van der Waals surface area contributed by atoms with Crippen LogP contribution in [0.2, 0.25) is 5.02 Å². The number of rotatable bonds is 4. The quantitative estimate of drug-likeness (QED) is 0.436. The lowest BCUT2D eigenvalue weighted by Crippen LogP contribution is -1.89. The van der Waals surface area contributed by atoms with E-state index in [-0.39, 0.29) is 6.01 Å². The number of benzene rings is 2. The maximum atomic E-state index is 5.96. The van der Waals surface area contributed by atoms with Crippen molar-refractivity contribution in [1.82, 2.24) is 15.4 Å². The van der Waals surface area contributed by atoms with Gasteiger partial charge in [-0.15, -0.1) is 5.10 Å².